The third kappa shape index (κ3) is 2.41. The largest absolute Gasteiger partial charge is 0.452 e. The Kier molecular flexibility index (Phi) is 3.20. The third-order valence-electron chi connectivity index (χ3n) is 3.79. The van der Waals surface area contributed by atoms with Crippen molar-refractivity contribution in [3.8, 4) is 23.0 Å². The summed E-state index contributed by atoms with van der Waals surface area (Å²) in [4.78, 5) is 4.44. The highest BCUT2D eigenvalue weighted by Gasteiger charge is 2.18. The first kappa shape index (κ1) is 14.0. The van der Waals surface area contributed by atoms with Crippen molar-refractivity contribution in [1.82, 2.24) is 10.1 Å². The molecule has 4 rings (SSSR count). The molecule has 0 amide bonds. The Morgan fingerprint density at radius 2 is 1.91 bits per heavy atom. The van der Waals surface area contributed by atoms with Crippen molar-refractivity contribution in [2.45, 2.75) is 13.8 Å². The van der Waals surface area contributed by atoms with Gasteiger partial charge in [-0.15, -0.1) is 0 Å². The molecular weight excluding hydrogens is 312 g/mol. The molecule has 0 aliphatic rings. The Balaban J connectivity index is 1.82. The Morgan fingerprint density at radius 3 is 2.74 bits per heavy atom. The van der Waals surface area contributed by atoms with Gasteiger partial charge >= 0.3 is 0 Å². The smallest absolute Gasteiger partial charge is 0.258 e. The highest BCUT2D eigenvalue weighted by Crippen LogP contribution is 2.33. The summed E-state index contributed by atoms with van der Waals surface area (Å²) in [6, 6.07) is 13.4. The SMILES string of the molecule is Cc1ccc2oc(-c3noc(-c4cccc(Cl)c4)n3)c(C)c2c1. The van der Waals surface area contributed by atoms with Crippen LogP contribution in [-0.4, -0.2) is 10.1 Å². The van der Waals surface area contributed by atoms with Gasteiger partial charge in [0, 0.05) is 21.5 Å². The average Bonchev–Trinajstić information content (AvgIpc) is 3.13. The number of nitrogens with zero attached hydrogens (tertiary/aromatic N) is 2. The molecule has 5 heteroatoms. The first-order valence-electron chi connectivity index (χ1n) is 7.21. The van der Waals surface area contributed by atoms with E-state index in [1.807, 2.05) is 31.2 Å². The zero-order chi connectivity index (χ0) is 16.0. The normalized spacial score (nSPS) is 11.3. The van der Waals surface area contributed by atoms with E-state index in [0.29, 0.717) is 22.5 Å². The monoisotopic (exact) mass is 324 g/mol. The van der Waals surface area contributed by atoms with E-state index < -0.39 is 0 Å². The van der Waals surface area contributed by atoms with Crippen LogP contribution in [0.15, 0.2) is 51.4 Å². The van der Waals surface area contributed by atoms with Crippen LogP contribution in [0.25, 0.3) is 34.0 Å². The molecule has 23 heavy (non-hydrogen) atoms. The number of halogens is 1. The van der Waals surface area contributed by atoms with Gasteiger partial charge < -0.3 is 8.94 Å². The molecule has 114 valence electrons. The maximum Gasteiger partial charge on any atom is 0.258 e. The van der Waals surface area contributed by atoms with Gasteiger partial charge in [-0.1, -0.05) is 34.5 Å². The van der Waals surface area contributed by atoms with E-state index in [1.54, 1.807) is 12.1 Å². The maximum atomic E-state index is 6.00. The summed E-state index contributed by atoms with van der Waals surface area (Å²) in [5.41, 5.74) is 3.78. The molecule has 0 saturated heterocycles. The molecule has 0 radical (unpaired) electrons. The van der Waals surface area contributed by atoms with Crippen LogP contribution in [-0.2, 0) is 0 Å². The van der Waals surface area contributed by atoms with Gasteiger partial charge in [-0.05, 0) is 44.2 Å². The summed E-state index contributed by atoms with van der Waals surface area (Å²) in [6.07, 6.45) is 0. The van der Waals surface area contributed by atoms with Crippen molar-refractivity contribution in [2.24, 2.45) is 0 Å². The van der Waals surface area contributed by atoms with E-state index in [0.717, 1.165) is 22.1 Å². The summed E-state index contributed by atoms with van der Waals surface area (Å²) in [6.45, 7) is 4.05. The minimum Gasteiger partial charge on any atom is -0.452 e. The van der Waals surface area contributed by atoms with Crippen LogP contribution < -0.4 is 0 Å². The van der Waals surface area contributed by atoms with Crippen molar-refractivity contribution >= 4 is 22.6 Å². The Labute approximate surface area is 137 Å². The molecule has 0 aliphatic heterocycles. The molecule has 4 nitrogen and oxygen atoms in total. The molecule has 0 aliphatic carbocycles. The molecule has 0 saturated carbocycles. The van der Waals surface area contributed by atoms with Crippen LogP contribution >= 0.6 is 11.6 Å². The molecule has 0 atom stereocenters. The minimum atomic E-state index is 0.415. The van der Waals surface area contributed by atoms with E-state index in [2.05, 4.69) is 23.1 Å². The van der Waals surface area contributed by atoms with E-state index in [-0.39, 0.29) is 0 Å². The van der Waals surface area contributed by atoms with Crippen molar-refractivity contribution in [3.05, 3.63) is 58.6 Å². The third-order valence-corrected chi connectivity index (χ3v) is 4.03. The van der Waals surface area contributed by atoms with E-state index in [1.165, 1.54) is 5.56 Å². The summed E-state index contributed by atoms with van der Waals surface area (Å²) in [5, 5.41) is 5.73. The minimum absolute atomic E-state index is 0.415. The quantitative estimate of drug-likeness (QED) is 0.494. The van der Waals surface area contributed by atoms with E-state index in [4.69, 9.17) is 20.5 Å². The zero-order valence-corrected chi connectivity index (χ0v) is 13.4. The Hall–Kier alpha value is -2.59. The van der Waals surface area contributed by atoms with Gasteiger partial charge in [-0.3, -0.25) is 0 Å². The van der Waals surface area contributed by atoms with Crippen LogP contribution in [0.3, 0.4) is 0 Å². The predicted octanol–water partition coefficient (Wildman–Crippen LogP) is 5.42. The van der Waals surface area contributed by atoms with Gasteiger partial charge in [0.1, 0.15) is 5.58 Å². The molecule has 2 aromatic carbocycles. The standard InChI is InChI=1S/C18H13ClN2O2/c1-10-6-7-15-14(8-10)11(2)16(22-15)17-20-18(23-21-17)12-4-3-5-13(19)9-12/h3-9H,1-2H3. The second-order valence-corrected chi connectivity index (χ2v) is 5.93. The van der Waals surface area contributed by atoms with Crippen molar-refractivity contribution in [3.63, 3.8) is 0 Å². The number of rotatable bonds is 2. The number of benzene rings is 2. The summed E-state index contributed by atoms with van der Waals surface area (Å²) in [7, 11) is 0. The summed E-state index contributed by atoms with van der Waals surface area (Å²) < 4.78 is 11.3. The summed E-state index contributed by atoms with van der Waals surface area (Å²) >= 11 is 6.00. The zero-order valence-electron chi connectivity index (χ0n) is 12.6. The van der Waals surface area contributed by atoms with Gasteiger partial charge in [0.05, 0.1) is 0 Å². The van der Waals surface area contributed by atoms with Crippen LogP contribution in [0.5, 0.6) is 0 Å². The fourth-order valence-electron chi connectivity index (χ4n) is 2.60. The Bertz CT molecular complexity index is 1020. The van der Waals surface area contributed by atoms with E-state index in [9.17, 15) is 0 Å². The first-order chi connectivity index (χ1) is 11.1. The molecule has 2 aromatic heterocycles. The first-order valence-corrected chi connectivity index (χ1v) is 7.59. The van der Waals surface area contributed by atoms with Crippen LogP contribution in [0.2, 0.25) is 5.02 Å². The number of aryl methyl sites for hydroxylation is 2. The number of aromatic nitrogens is 2. The molecular formula is C18H13ClN2O2. The van der Waals surface area contributed by atoms with Crippen LogP contribution in [0.4, 0.5) is 0 Å². The highest BCUT2D eigenvalue weighted by atomic mass is 35.5. The number of hydrogen-bond donors (Lipinski definition) is 0. The van der Waals surface area contributed by atoms with Gasteiger partial charge in [-0.25, -0.2) is 0 Å². The Morgan fingerprint density at radius 1 is 1.04 bits per heavy atom. The average molecular weight is 325 g/mol. The molecule has 0 unspecified atom stereocenters. The molecule has 2 heterocycles. The summed E-state index contributed by atoms with van der Waals surface area (Å²) in [5.74, 6) is 1.48. The second kappa shape index (κ2) is 5.25. The van der Waals surface area contributed by atoms with Crippen LogP contribution in [0, 0.1) is 13.8 Å². The fourth-order valence-corrected chi connectivity index (χ4v) is 2.79. The van der Waals surface area contributed by atoms with E-state index >= 15 is 0 Å². The number of furan rings is 1. The van der Waals surface area contributed by atoms with Gasteiger partial charge in [0.25, 0.3) is 5.89 Å². The topological polar surface area (TPSA) is 52.1 Å². The number of hydrogen-bond acceptors (Lipinski definition) is 4. The van der Waals surface area contributed by atoms with Gasteiger partial charge in [-0.2, -0.15) is 4.98 Å². The molecule has 0 bridgehead atoms. The lowest BCUT2D eigenvalue weighted by molar-refractivity contribution is 0.430. The predicted molar refractivity (Wildman–Crippen MR) is 89.4 cm³/mol. The van der Waals surface area contributed by atoms with Crippen molar-refractivity contribution in [1.29, 1.82) is 0 Å². The fraction of sp³-hybridized carbons (Fsp3) is 0.111. The lowest BCUT2D eigenvalue weighted by atomic mass is 10.1. The van der Waals surface area contributed by atoms with Gasteiger partial charge in [0.2, 0.25) is 5.82 Å². The van der Waals surface area contributed by atoms with Crippen LogP contribution in [0.1, 0.15) is 11.1 Å². The van der Waals surface area contributed by atoms with Crippen molar-refractivity contribution < 1.29 is 8.94 Å². The van der Waals surface area contributed by atoms with Crippen molar-refractivity contribution in [2.75, 3.05) is 0 Å². The molecule has 0 spiro atoms. The van der Waals surface area contributed by atoms with Gasteiger partial charge in [0.15, 0.2) is 5.76 Å². The second-order valence-electron chi connectivity index (χ2n) is 5.49. The molecule has 4 aromatic rings. The lowest BCUT2D eigenvalue weighted by Crippen LogP contribution is -1.81. The highest BCUT2D eigenvalue weighted by molar-refractivity contribution is 6.30. The maximum absolute atomic E-state index is 6.00. The number of fused-ring (bicyclic) bond motifs is 1. The molecule has 0 N–H and O–H groups in total. The molecule has 0 fully saturated rings. The lowest BCUT2D eigenvalue weighted by Gasteiger charge is -1.93.